The second kappa shape index (κ2) is 10.5. The summed E-state index contributed by atoms with van der Waals surface area (Å²) >= 11 is 5.99. The lowest BCUT2D eigenvalue weighted by molar-refractivity contribution is -0.116. The van der Waals surface area contributed by atoms with Crippen molar-refractivity contribution in [3.63, 3.8) is 0 Å². The smallest absolute Gasteiger partial charge is 0.264 e. The number of amides is 2. The summed E-state index contributed by atoms with van der Waals surface area (Å²) in [6.07, 6.45) is -0.0659. The number of halogens is 2. The molecule has 0 saturated heterocycles. The number of nitrogens with one attached hydrogen (secondary N) is 3. The molecule has 0 bridgehead atoms. The number of hydrogen-bond acceptors (Lipinski definition) is 4. The molecule has 7 nitrogen and oxygen atoms in total. The monoisotopic (exact) mass is 489 g/mol. The summed E-state index contributed by atoms with van der Waals surface area (Å²) in [5, 5.41) is 5.48. The summed E-state index contributed by atoms with van der Waals surface area (Å²) in [5.74, 6) is -1.70. The molecule has 2 amide bonds. The zero-order valence-corrected chi connectivity index (χ0v) is 19.1. The molecule has 0 spiro atoms. The van der Waals surface area contributed by atoms with E-state index in [9.17, 15) is 22.4 Å². The fourth-order valence-corrected chi connectivity index (χ4v) is 4.29. The number of hydrogen-bond donors (Lipinski definition) is 3. The Hall–Kier alpha value is -3.43. The summed E-state index contributed by atoms with van der Waals surface area (Å²) in [5.41, 5.74) is 1.53. The molecule has 10 heteroatoms. The van der Waals surface area contributed by atoms with Crippen LogP contribution in [0, 0.1) is 12.7 Å². The van der Waals surface area contributed by atoms with Crippen molar-refractivity contribution < 1.29 is 22.4 Å². The molecule has 0 aliphatic heterocycles. The molecule has 0 aromatic heterocycles. The van der Waals surface area contributed by atoms with Gasteiger partial charge in [0, 0.05) is 23.6 Å². The number of sulfonamides is 1. The highest BCUT2D eigenvalue weighted by Crippen LogP contribution is 2.28. The predicted octanol–water partition coefficient (Wildman–Crippen LogP) is 4.35. The number of benzene rings is 3. The molecule has 172 valence electrons. The standard InChI is InChI=1S/C23H21ClFN3O4S/c1-15-5-4-6-16(13-15)23(30)26-12-11-22(29)27-20-14-17(24)9-10-19(20)28-33(31,32)21-8-3-2-7-18(21)25/h2-10,13-14,28H,11-12H2,1H3,(H,26,30)(H,27,29). The van der Waals surface area contributed by atoms with Crippen LogP contribution < -0.4 is 15.4 Å². The number of rotatable bonds is 8. The van der Waals surface area contributed by atoms with Gasteiger partial charge in [0.15, 0.2) is 0 Å². The van der Waals surface area contributed by atoms with E-state index in [1.54, 1.807) is 18.2 Å². The minimum Gasteiger partial charge on any atom is -0.352 e. The fourth-order valence-electron chi connectivity index (χ4n) is 2.96. The lowest BCUT2D eigenvalue weighted by atomic mass is 10.1. The van der Waals surface area contributed by atoms with E-state index >= 15 is 0 Å². The van der Waals surface area contributed by atoms with E-state index in [1.165, 1.54) is 30.3 Å². The Morgan fingerprint density at radius 3 is 2.45 bits per heavy atom. The van der Waals surface area contributed by atoms with Crippen LogP contribution in [-0.4, -0.2) is 26.8 Å². The Labute approximate surface area is 196 Å². The Morgan fingerprint density at radius 1 is 0.970 bits per heavy atom. The molecule has 0 saturated carbocycles. The molecule has 0 radical (unpaired) electrons. The number of carbonyl (C=O) groups excluding carboxylic acids is 2. The first-order valence-electron chi connectivity index (χ1n) is 9.87. The third kappa shape index (κ3) is 6.53. The van der Waals surface area contributed by atoms with Gasteiger partial charge >= 0.3 is 0 Å². The van der Waals surface area contributed by atoms with Gasteiger partial charge < -0.3 is 10.6 Å². The van der Waals surface area contributed by atoms with E-state index in [0.29, 0.717) is 5.56 Å². The molecule has 33 heavy (non-hydrogen) atoms. The van der Waals surface area contributed by atoms with Gasteiger partial charge in [-0.05, 0) is 49.4 Å². The zero-order valence-electron chi connectivity index (χ0n) is 17.6. The average molecular weight is 490 g/mol. The van der Waals surface area contributed by atoms with Gasteiger partial charge in [0.25, 0.3) is 15.9 Å². The van der Waals surface area contributed by atoms with Crippen molar-refractivity contribution in [2.24, 2.45) is 0 Å². The molecule has 0 unspecified atom stereocenters. The molecular formula is C23H21ClFN3O4S. The maximum Gasteiger partial charge on any atom is 0.264 e. The molecule has 3 N–H and O–H groups in total. The Morgan fingerprint density at radius 2 is 1.73 bits per heavy atom. The van der Waals surface area contributed by atoms with Crippen LogP contribution >= 0.6 is 11.6 Å². The highest BCUT2D eigenvalue weighted by molar-refractivity contribution is 7.92. The summed E-state index contributed by atoms with van der Waals surface area (Å²) in [6.45, 7) is 1.93. The number of anilines is 2. The lowest BCUT2D eigenvalue weighted by Crippen LogP contribution is -2.28. The van der Waals surface area contributed by atoms with Crippen molar-refractivity contribution in [1.82, 2.24) is 5.32 Å². The summed E-state index contributed by atoms with van der Waals surface area (Å²) < 4.78 is 41.4. The molecule has 0 aliphatic rings. The number of aryl methyl sites for hydroxylation is 1. The first-order chi connectivity index (χ1) is 15.7. The highest BCUT2D eigenvalue weighted by Gasteiger charge is 2.20. The van der Waals surface area contributed by atoms with Crippen LogP contribution in [0.25, 0.3) is 0 Å². The Kier molecular flexibility index (Phi) is 7.67. The van der Waals surface area contributed by atoms with Crippen LogP contribution in [0.2, 0.25) is 5.02 Å². The number of carbonyl (C=O) groups is 2. The van der Waals surface area contributed by atoms with Crippen molar-refractivity contribution in [2.75, 3.05) is 16.6 Å². The van der Waals surface area contributed by atoms with E-state index in [2.05, 4.69) is 15.4 Å². The fraction of sp³-hybridized carbons (Fsp3) is 0.130. The summed E-state index contributed by atoms with van der Waals surface area (Å²) in [6, 6.07) is 16.1. The Bertz CT molecular complexity index is 1300. The topological polar surface area (TPSA) is 104 Å². The summed E-state index contributed by atoms with van der Waals surface area (Å²) in [4.78, 5) is 24.1. The van der Waals surface area contributed by atoms with Gasteiger partial charge in [-0.2, -0.15) is 0 Å². The van der Waals surface area contributed by atoms with Crippen LogP contribution in [-0.2, 0) is 14.8 Å². The second-order valence-corrected chi connectivity index (χ2v) is 9.24. The van der Waals surface area contributed by atoms with Gasteiger partial charge in [-0.1, -0.05) is 41.4 Å². The van der Waals surface area contributed by atoms with Crippen LogP contribution in [0.4, 0.5) is 15.8 Å². The van der Waals surface area contributed by atoms with Crippen LogP contribution in [0.3, 0.4) is 0 Å². The van der Waals surface area contributed by atoms with Gasteiger partial charge in [-0.15, -0.1) is 0 Å². The van der Waals surface area contributed by atoms with Crippen molar-refractivity contribution in [3.8, 4) is 0 Å². The van der Waals surface area contributed by atoms with Gasteiger partial charge in [-0.25, -0.2) is 12.8 Å². The van der Waals surface area contributed by atoms with E-state index in [-0.39, 0.29) is 35.3 Å². The van der Waals surface area contributed by atoms with E-state index < -0.39 is 26.6 Å². The molecule has 3 aromatic carbocycles. The normalized spacial score (nSPS) is 11.0. The SMILES string of the molecule is Cc1cccc(C(=O)NCCC(=O)Nc2cc(Cl)ccc2NS(=O)(=O)c2ccccc2F)c1. The van der Waals surface area contributed by atoms with E-state index in [0.717, 1.165) is 17.7 Å². The Balaban J connectivity index is 1.66. The van der Waals surface area contributed by atoms with E-state index in [4.69, 9.17) is 11.6 Å². The molecular weight excluding hydrogens is 469 g/mol. The zero-order chi connectivity index (χ0) is 24.0. The second-order valence-electron chi connectivity index (χ2n) is 7.15. The molecule has 0 heterocycles. The molecule has 0 atom stereocenters. The first-order valence-corrected chi connectivity index (χ1v) is 11.7. The van der Waals surface area contributed by atoms with Gasteiger partial charge in [0.1, 0.15) is 10.7 Å². The van der Waals surface area contributed by atoms with Crippen molar-refractivity contribution >= 4 is 44.8 Å². The molecule has 3 rings (SSSR count). The molecule has 0 aliphatic carbocycles. The van der Waals surface area contributed by atoms with Crippen molar-refractivity contribution in [2.45, 2.75) is 18.2 Å². The largest absolute Gasteiger partial charge is 0.352 e. The quantitative estimate of drug-likeness (QED) is 0.437. The van der Waals surface area contributed by atoms with Gasteiger partial charge in [0.2, 0.25) is 5.91 Å². The van der Waals surface area contributed by atoms with Crippen molar-refractivity contribution in [3.05, 3.63) is 88.7 Å². The van der Waals surface area contributed by atoms with E-state index in [1.807, 2.05) is 13.0 Å². The predicted molar refractivity (Wildman–Crippen MR) is 125 cm³/mol. The van der Waals surface area contributed by atoms with Crippen molar-refractivity contribution in [1.29, 1.82) is 0 Å². The summed E-state index contributed by atoms with van der Waals surface area (Å²) in [7, 11) is -4.25. The maximum atomic E-state index is 14.0. The maximum absolute atomic E-state index is 14.0. The van der Waals surface area contributed by atoms with Gasteiger partial charge in [0.05, 0.1) is 11.4 Å². The highest BCUT2D eigenvalue weighted by atomic mass is 35.5. The third-order valence-corrected chi connectivity index (χ3v) is 6.18. The van der Waals surface area contributed by atoms with Crippen LogP contribution in [0.15, 0.2) is 71.6 Å². The molecule has 0 fully saturated rings. The third-order valence-electron chi connectivity index (χ3n) is 4.54. The van der Waals surface area contributed by atoms with Crippen LogP contribution in [0.1, 0.15) is 22.3 Å². The van der Waals surface area contributed by atoms with Gasteiger partial charge in [-0.3, -0.25) is 14.3 Å². The molecule has 3 aromatic rings. The first kappa shape index (κ1) is 24.2. The lowest BCUT2D eigenvalue weighted by Gasteiger charge is -2.14. The minimum atomic E-state index is -4.25. The minimum absolute atomic E-state index is 0.0137. The van der Waals surface area contributed by atoms with Crippen LogP contribution in [0.5, 0.6) is 0 Å². The average Bonchev–Trinajstić information content (AvgIpc) is 2.75.